The number of methoxy groups -OCH3 is 1. The Morgan fingerprint density at radius 2 is 2.00 bits per heavy atom. The molecule has 9 nitrogen and oxygen atoms in total. The second-order valence-electron chi connectivity index (χ2n) is 6.33. The molecule has 0 saturated carbocycles. The maximum absolute atomic E-state index is 12.8. The normalized spacial score (nSPS) is 19.8. The van der Waals surface area contributed by atoms with Crippen molar-refractivity contribution in [2.75, 3.05) is 33.4 Å². The minimum absolute atomic E-state index is 0.0127. The Morgan fingerprint density at radius 3 is 2.57 bits per heavy atom. The third-order valence-corrected chi connectivity index (χ3v) is 6.11. The van der Waals surface area contributed by atoms with E-state index in [9.17, 15) is 18.3 Å². The minimum atomic E-state index is -3.81. The van der Waals surface area contributed by atoms with Gasteiger partial charge in [0.25, 0.3) is 5.91 Å². The third-order valence-electron chi connectivity index (χ3n) is 4.19. The number of benzene rings is 1. The second-order valence-corrected chi connectivity index (χ2v) is 8.27. The van der Waals surface area contributed by atoms with E-state index in [0.717, 1.165) is 4.31 Å². The molecule has 0 fully saturated rings. The van der Waals surface area contributed by atoms with E-state index in [2.05, 4.69) is 0 Å². The van der Waals surface area contributed by atoms with Crippen LogP contribution in [0.3, 0.4) is 0 Å². The Morgan fingerprint density at radius 1 is 1.32 bits per heavy atom. The van der Waals surface area contributed by atoms with Crippen LogP contribution in [0.5, 0.6) is 5.75 Å². The first-order chi connectivity index (χ1) is 13.3. The first kappa shape index (κ1) is 22.2. The summed E-state index contributed by atoms with van der Waals surface area (Å²) < 4.78 is 42.8. The van der Waals surface area contributed by atoms with Crippen molar-refractivity contribution in [1.29, 1.82) is 0 Å². The third kappa shape index (κ3) is 5.68. The van der Waals surface area contributed by atoms with Crippen LogP contribution < -0.4 is 10.5 Å². The average Bonchev–Trinajstić information content (AvgIpc) is 2.66. The highest BCUT2D eigenvalue weighted by Crippen LogP contribution is 2.23. The van der Waals surface area contributed by atoms with Crippen molar-refractivity contribution in [3.05, 3.63) is 36.1 Å². The lowest BCUT2D eigenvalue weighted by molar-refractivity contribution is -0.146. The summed E-state index contributed by atoms with van der Waals surface area (Å²) in [6.45, 7) is 1.53. The lowest BCUT2D eigenvalue weighted by Gasteiger charge is -2.28. The number of allylic oxidation sites excluding steroid dienone is 1. The molecule has 28 heavy (non-hydrogen) atoms. The molecule has 0 saturated heterocycles. The molecule has 1 aliphatic heterocycles. The van der Waals surface area contributed by atoms with Gasteiger partial charge < -0.3 is 25.1 Å². The Hall–Kier alpha value is -2.14. The number of primary amides is 1. The summed E-state index contributed by atoms with van der Waals surface area (Å²) in [6, 6.07) is 5.98. The van der Waals surface area contributed by atoms with Crippen molar-refractivity contribution in [3.8, 4) is 5.75 Å². The van der Waals surface area contributed by atoms with Crippen molar-refractivity contribution < 1.29 is 32.5 Å². The van der Waals surface area contributed by atoms with Crippen molar-refractivity contribution in [1.82, 2.24) is 4.31 Å². The van der Waals surface area contributed by atoms with Crippen LogP contribution in [0.25, 0.3) is 0 Å². The molecule has 1 aromatic rings. The molecular formula is C18H26N2O7S. The Balaban J connectivity index is 2.00. The van der Waals surface area contributed by atoms with Crippen LogP contribution in [0, 0.1) is 5.92 Å². The summed E-state index contributed by atoms with van der Waals surface area (Å²) in [7, 11) is -2.32. The zero-order valence-electron chi connectivity index (χ0n) is 15.9. The van der Waals surface area contributed by atoms with Gasteiger partial charge in [0.05, 0.1) is 25.2 Å². The number of nitrogens with zero attached hydrogens (tertiary/aromatic N) is 1. The number of carbonyl (C=O) groups excluding carboxylic acids is 1. The van der Waals surface area contributed by atoms with E-state index in [1.807, 2.05) is 6.92 Å². The van der Waals surface area contributed by atoms with Crippen LogP contribution in [-0.4, -0.2) is 63.4 Å². The predicted octanol–water partition coefficient (Wildman–Crippen LogP) is 0.447. The van der Waals surface area contributed by atoms with Gasteiger partial charge in [0, 0.05) is 19.5 Å². The summed E-state index contributed by atoms with van der Waals surface area (Å²) in [4.78, 5) is 11.4. The summed E-state index contributed by atoms with van der Waals surface area (Å²) in [5, 5.41) is 9.26. The van der Waals surface area contributed by atoms with Crippen LogP contribution in [0.2, 0.25) is 0 Å². The number of rotatable bonds is 10. The smallest absolute Gasteiger partial charge is 0.283 e. The van der Waals surface area contributed by atoms with E-state index in [0.29, 0.717) is 12.2 Å². The Labute approximate surface area is 164 Å². The van der Waals surface area contributed by atoms with Crippen molar-refractivity contribution in [2.24, 2.45) is 11.7 Å². The maximum atomic E-state index is 12.8. The molecule has 0 bridgehead atoms. The fourth-order valence-corrected chi connectivity index (χ4v) is 4.16. The van der Waals surface area contributed by atoms with Gasteiger partial charge in [0.2, 0.25) is 16.3 Å². The highest BCUT2D eigenvalue weighted by atomic mass is 32.2. The SMILES string of the molecule is COc1ccc(S(=O)(=O)N(CCO)CCO[C@H]2C[C@@H](C)C=C(C(N)=O)O2)cc1. The van der Waals surface area contributed by atoms with Gasteiger partial charge in [-0.05, 0) is 36.3 Å². The average molecular weight is 414 g/mol. The van der Waals surface area contributed by atoms with Gasteiger partial charge in [-0.2, -0.15) is 4.31 Å². The van der Waals surface area contributed by atoms with Gasteiger partial charge in [-0.1, -0.05) is 6.92 Å². The molecule has 3 N–H and O–H groups in total. The Kier molecular flexibility index (Phi) is 7.81. The highest BCUT2D eigenvalue weighted by Gasteiger charge is 2.27. The first-order valence-corrected chi connectivity index (χ1v) is 10.3. The molecule has 2 atom stereocenters. The molecule has 10 heteroatoms. The quantitative estimate of drug-likeness (QED) is 0.569. The van der Waals surface area contributed by atoms with Crippen LogP contribution >= 0.6 is 0 Å². The summed E-state index contributed by atoms with van der Waals surface area (Å²) in [6.07, 6.45) is 1.46. The number of nitrogens with two attached hydrogens (primary N) is 1. The van der Waals surface area contributed by atoms with E-state index in [1.54, 1.807) is 18.2 Å². The van der Waals surface area contributed by atoms with E-state index < -0.39 is 22.2 Å². The van der Waals surface area contributed by atoms with Gasteiger partial charge in [-0.25, -0.2) is 8.42 Å². The summed E-state index contributed by atoms with van der Waals surface area (Å²) >= 11 is 0. The van der Waals surface area contributed by atoms with E-state index in [4.69, 9.17) is 19.9 Å². The molecule has 0 radical (unpaired) electrons. The lowest BCUT2D eigenvalue weighted by Crippen LogP contribution is -2.38. The second kappa shape index (κ2) is 9.87. The topological polar surface area (TPSA) is 128 Å². The number of hydrogen-bond donors (Lipinski definition) is 2. The molecule has 0 aliphatic carbocycles. The maximum Gasteiger partial charge on any atom is 0.283 e. The standard InChI is InChI=1S/C18H26N2O7S/c1-13-11-16(18(19)22)27-17(12-13)26-10-8-20(7-9-21)28(23,24)15-5-3-14(25-2)4-6-15/h3-6,11,13,17,21H,7-10,12H2,1-2H3,(H2,19,22)/t13-,17+/m0/s1. The van der Waals surface area contributed by atoms with Gasteiger partial charge in [0.15, 0.2) is 5.76 Å². The zero-order valence-corrected chi connectivity index (χ0v) is 16.7. The molecule has 1 aliphatic rings. The van der Waals surface area contributed by atoms with E-state index in [-0.39, 0.29) is 42.9 Å². The van der Waals surface area contributed by atoms with Crippen LogP contribution in [-0.2, 0) is 24.3 Å². The molecule has 156 valence electrons. The van der Waals surface area contributed by atoms with Crippen molar-refractivity contribution >= 4 is 15.9 Å². The molecular weight excluding hydrogens is 388 g/mol. The lowest BCUT2D eigenvalue weighted by atomic mass is 10.0. The zero-order chi connectivity index (χ0) is 20.7. The van der Waals surface area contributed by atoms with Crippen molar-refractivity contribution in [2.45, 2.75) is 24.5 Å². The highest BCUT2D eigenvalue weighted by molar-refractivity contribution is 7.89. The molecule has 0 aromatic heterocycles. The van der Waals surface area contributed by atoms with Gasteiger partial charge in [-0.15, -0.1) is 0 Å². The number of aliphatic hydroxyl groups excluding tert-OH is 1. The molecule has 0 spiro atoms. The fraction of sp³-hybridized carbons (Fsp3) is 0.500. The molecule has 1 heterocycles. The monoisotopic (exact) mass is 414 g/mol. The molecule has 0 unspecified atom stereocenters. The Bertz CT molecular complexity index is 793. The van der Waals surface area contributed by atoms with E-state index >= 15 is 0 Å². The fourth-order valence-electron chi connectivity index (χ4n) is 2.75. The number of carbonyl (C=O) groups is 1. The van der Waals surface area contributed by atoms with Crippen molar-refractivity contribution in [3.63, 3.8) is 0 Å². The minimum Gasteiger partial charge on any atom is -0.497 e. The number of amides is 1. The number of aliphatic hydroxyl groups is 1. The van der Waals surface area contributed by atoms with E-state index in [1.165, 1.54) is 19.2 Å². The van der Waals surface area contributed by atoms with Crippen LogP contribution in [0.15, 0.2) is 41.0 Å². The van der Waals surface area contributed by atoms with Crippen LogP contribution in [0.1, 0.15) is 13.3 Å². The largest absolute Gasteiger partial charge is 0.497 e. The number of hydrogen-bond acceptors (Lipinski definition) is 7. The van der Waals surface area contributed by atoms with Gasteiger partial charge in [-0.3, -0.25) is 4.79 Å². The van der Waals surface area contributed by atoms with Gasteiger partial charge in [0.1, 0.15) is 5.75 Å². The van der Waals surface area contributed by atoms with Gasteiger partial charge >= 0.3 is 0 Å². The molecule has 1 aromatic carbocycles. The first-order valence-electron chi connectivity index (χ1n) is 8.83. The molecule has 2 rings (SSSR count). The summed E-state index contributed by atoms with van der Waals surface area (Å²) in [5.41, 5.74) is 5.24. The van der Waals surface area contributed by atoms with Crippen LogP contribution in [0.4, 0.5) is 0 Å². The molecule has 1 amide bonds. The number of sulfonamides is 1. The summed E-state index contributed by atoms with van der Waals surface area (Å²) in [5.74, 6) is -0.0540. The number of ether oxygens (including phenoxy) is 3. The predicted molar refractivity (Wildman–Crippen MR) is 101 cm³/mol.